The molecule has 1 fully saturated rings. The summed E-state index contributed by atoms with van der Waals surface area (Å²) in [5, 5.41) is 27.9. The van der Waals surface area contributed by atoms with Crippen molar-refractivity contribution >= 4 is 29.3 Å². The molecule has 1 saturated carbocycles. The Morgan fingerprint density at radius 3 is 2.11 bits per heavy atom. The highest BCUT2D eigenvalue weighted by molar-refractivity contribution is 6.08. The van der Waals surface area contributed by atoms with E-state index in [1.54, 1.807) is 42.5 Å². The number of para-hydroxylation sites is 1. The van der Waals surface area contributed by atoms with Crippen molar-refractivity contribution in [2.45, 2.75) is 52.0 Å². The van der Waals surface area contributed by atoms with Gasteiger partial charge in [0.2, 0.25) is 0 Å². The van der Waals surface area contributed by atoms with Gasteiger partial charge in [0.25, 0.3) is 5.91 Å². The van der Waals surface area contributed by atoms with Gasteiger partial charge in [0.15, 0.2) is 0 Å². The van der Waals surface area contributed by atoms with Crippen molar-refractivity contribution in [2.24, 2.45) is 5.92 Å². The molecular weight excluding hydrogens is 482 g/mol. The van der Waals surface area contributed by atoms with Gasteiger partial charge in [0, 0.05) is 5.69 Å². The topological polar surface area (TPSA) is 128 Å². The lowest BCUT2D eigenvalue weighted by Crippen LogP contribution is -2.46. The molecule has 1 aliphatic carbocycles. The van der Waals surface area contributed by atoms with E-state index < -0.39 is 23.9 Å². The smallest absolute Gasteiger partial charge is 0.326 e. The molecule has 0 radical (unpaired) electrons. The van der Waals surface area contributed by atoms with E-state index in [1.165, 1.54) is 0 Å². The number of hydrogen-bond acceptors (Lipinski definition) is 4. The van der Waals surface area contributed by atoms with Gasteiger partial charge >= 0.3 is 12.0 Å². The molecule has 0 bridgehead atoms. The van der Waals surface area contributed by atoms with Gasteiger partial charge in [-0.25, -0.2) is 9.59 Å². The zero-order valence-electron chi connectivity index (χ0n) is 21.6. The summed E-state index contributed by atoms with van der Waals surface area (Å²) in [6, 6.07) is 15.7. The van der Waals surface area contributed by atoms with Crippen LogP contribution in [0.2, 0.25) is 0 Å². The number of carbonyl (C=O) groups is 3. The number of aliphatic carboxylic acids is 1. The van der Waals surface area contributed by atoms with Crippen LogP contribution >= 0.6 is 0 Å². The normalized spacial score (nSPS) is 14.4. The van der Waals surface area contributed by atoms with Crippen LogP contribution in [0.25, 0.3) is 11.1 Å². The first-order chi connectivity index (χ1) is 18.2. The zero-order valence-corrected chi connectivity index (χ0v) is 21.6. The molecule has 5 N–H and O–H groups in total. The molecular formula is C30H33N3O5. The number of hydrogen-bond donors (Lipinski definition) is 5. The van der Waals surface area contributed by atoms with Crippen molar-refractivity contribution in [3.05, 3.63) is 77.4 Å². The maximum Gasteiger partial charge on any atom is 0.326 e. The van der Waals surface area contributed by atoms with E-state index in [0.29, 0.717) is 11.3 Å². The van der Waals surface area contributed by atoms with E-state index in [9.17, 15) is 24.6 Å². The van der Waals surface area contributed by atoms with Gasteiger partial charge in [-0.05, 0) is 79.1 Å². The number of nitrogens with one attached hydrogen (secondary N) is 3. The first kappa shape index (κ1) is 26.7. The molecule has 8 heteroatoms. The van der Waals surface area contributed by atoms with Gasteiger partial charge in [0.1, 0.15) is 11.8 Å². The van der Waals surface area contributed by atoms with Crippen LogP contribution in [-0.4, -0.2) is 34.2 Å². The Labute approximate surface area is 222 Å². The van der Waals surface area contributed by atoms with Crippen molar-refractivity contribution < 1.29 is 24.6 Å². The number of anilines is 2. The summed E-state index contributed by atoms with van der Waals surface area (Å²) in [4.78, 5) is 38.5. The quantitative estimate of drug-likeness (QED) is 0.260. The number of rotatable bonds is 7. The molecule has 3 aromatic rings. The third kappa shape index (κ3) is 6.32. The van der Waals surface area contributed by atoms with Crippen molar-refractivity contribution in [2.75, 3.05) is 10.6 Å². The molecule has 198 valence electrons. The Hall–Kier alpha value is -4.33. The van der Waals surface area contributed by atoms with E-state index in [2.05, 4.69) is 16.0 Å². The van der Waals surface area contributed by atoms with Gasteiger partial charge in [-0.15, -0.1) is 0 Å². The van der Waals surface area contributed by atoms with Crippen LogP contribution in [0.1, 0.15) is 53.6 Å². The van der Waals surface area contributed by atoms with Crippen molar-refractivity contribution in [1.29, 1.82) is 0 Å². The van der Waals surface area contributed by atoms with E-state index in [-0.39, 0.29) is 22.9 Å². The zero-order chi connectivity index (χ0) is 27.2. The summed E-state index contributed by atoms with van der Waals surface area (Å²) >= 11 is 0. The van der Waals surface area contributed by atoms with E-state index >= 15 is 0 Å². The average Bonchev–Trinajstić information content (AvgIpc) is 2.90. The van der Waals surface area contributed by atoms with Crippen LogP contribution < -0.4 is 16.0 Å². The Kier molecular flexibility index (Phi) is 8.31. The summed E-state index contributed by atoms with van der Waals surface area (Å²) in [6.45, 7) is 3.79. The number of phenolic OH excluding ortho intramolecular Hbond substituents is 1. The Morgan fingerprint density at radius 1 is 0.842 bits per heavy atom. The standard InChI is InChI=1S/C30H33N3O5/c1-18-7-6-8-19(2)26(18)33-30(38)31-25-17-22(20-11-14-23(34)15-12-20)13-16-24(25)28(35)32-27(29(36)37)21-9-4-3-5-10-21/h6-8,11-17,21,27,34H,3-5,9-10H2,1-2H3,(H,32,35)(H,36,37)(H2,31,33,38)/t27-/m0/s1. The number of carboxylic acids is 1. The van der Waals surface area contributed by atoms with Crippen LogP contribution in [0, 0.1) is 19.8 Å². The second-order valence-corrected chi connectivity index (χ2v) is 9.84. The van der Waals surface area contributed by atoms with E-state index in [4.69, 9.17) is 0 Å². The molecule has 1 aliphatic rings. The Bertz CT molecular complexity index is 1310. The van der Waals surface area contributed by atoms with Crippen LogP contribution in [0.3, 0.4) is 0 Å². The number of aryl methyl sites for hydroxylation is 2. The SMILES string of the molecule is Cc1cccc(C)c1NC(=O)Nc1cc(-c2ccc(O)cc2)ccc1C(=O)N[C@H](C(=O)O)C1CCCCC1. The van der Waals surface area contributed by atoms with Crippen LogP contribution in [0.15, 0.2) is 60.7 Å². The summed E-state index contributed by atoms with van der Waals surface area (Å²) in [7, 11) is 0. The van der Waals surface area contributed by atoms with E-state index in [0.717, 1.165) is 48.8 Å². The minimum Gasteiger partial charge on any atom is -0.508 e. The maximum atomic E-state index is 13.4. The number of benzene rings is 3. The molecule has 3 amide bonds. The van der Waals surface area contributed by atoms with Gasteiger partial charge < -0.3 is 26.2 Å². The fraction of sp³-hybridized carbons (Fsp3) is 0.300. The highest BCUT2D eigenvalue weighted by Gasteiger charge is 2.31. The Balaban J connectivity index is 1.64. The number of amides is 3. The first-order valence-electron chi connectivity index (χ1n) is 12.8. The molecule has 8 nitrogen and oxygen atoms in total. The first-order valence-corrected chi connectivity index (χ1v) is 12.8. The van der Waals surface area contributed by atoms with Crippen molar-refractivity contribution in [3.63, 3.8) is 0 Å². The molecule has 3 aromatic carbocycles. The summed E-state index contributed by atoms with van der Waals surface area (Å²) < 4.78 is 0. The highest BCUT2D eigenvalue weighted by atomic mass is 16.4. The second kappa shape index (κ2) is 11.8. The minimum atomic E-state index is -1.06. The third-order valence-corrected chi connectivity index (χ3v) is 7.11. The monoisotopic (exact) mass is 515 g/mol. The average molecular weight is 516 g/mol. The molecule has 0 aliphatic heterocycles. The lowest BCUT2D eigenvalue weighted by atomic mass is 9.83. The minimum absolute atomic E-state index is 0.124. The number of phenols is 1. The van der Waals surface area contributed by atoms with Gasteiger partial charge in [-0.3, -0.25) is 4.79 Å². The second-order valence-electron chi connectivity index (χ2n) is 9.84. The van der Waals surface area contributed by atoms with Crippen molar-refractivity contribution in [1.82, 2.24) is 5.32 Å². The number of aromatic hydroxyl groups is 1. The van der Waals surface area contributed by atoms with Crippen molar-refractivity contribution in [3.8, 4) is 16.9 Å². The van der Waals surface area contributed by atoms with Gasteiger partial charge in [0.05, 0.1) is 11.3 Å². The Morgan fingerprint density at radius 2 is 1.47 bits per heavy atom. The van der Waals surface area contributed by atoms with E-state index in [1.807, 2.05) is 32.0 Å². The number of carbonyl (C=O) groups excluding carboxylic acids is 2. The van der Waals surface area contributed by atoms with Crippen LogP contribution in [0.4, 0.5) is 16.2 Å². The molecule has 0 heterocycles. The largest absolute Gasteiger partial charge is 0.508 e. The lowest BCUT2D eigenvalue weighted by Gasteiger charge is -2.28. The predicted molar refractivity (Wildman–Crippen MR) is 148 cm³/mol. The lowest BCUT2D eigenvalue weighted by molar-refractivity contribution is -0.141. The summed E-state index contributed by atoms with van der Waals surface area (Å²) in [6.07, 6.45) is 4.45. The molecule has 38 heavy (non-hydrogen) atoms. The third-order valence-electron chi connectivity index (χ3n) is 7.11. The molecule has 0 spiro atoms. The molecule has 0 aromatic heterocycles. The number of urea groups is 1. The number of carboxylic acid groups (broad SMARTS) is 1. The predicted octanol–water partition coefficient (Wildman–Crippen LogP) is 6.08. The molecule has 0 saturated heterocycles. The fourth-order valence-corrected chi connectivity index (χ4v) is 5.03. The summed E-state index contributed by atoms with van der Waals surface area (Å²) in [5.41, 5.74) is 4.36. The maximum absolute atomic E-state index is 13.4. The molecule has 1 atom stereocenters. The van der Waals surface area contributed by atoms with Gasteiger partial charge in [-0.2, -0.15) is 0 Å². The fourth-order valence-electron chi connectivity index (χ4n) is 5.03. The molecule has 0 unspecified atom stereocenters. The highest BCUT2D eigenvalue weighted by Crippen LogP contribution is 2.30. The molecule has 4 rings (SSSR count). The van der Waals surface area contributed by atoms with Gasteiger partial charge in [-0.1, -0.05) is 55.7 Å². The van der Waals surface area contributed by atoms with Crippen LogP contribution in [0.5, 0.6) is 5.75 Å². The summed E-state index contributed by atoms with van der Waals surface area (Å²) in [5.74, 6) is -1.64. The van der Waals surface area contributed by atoms with Crippen LogP contribution in [-0.2, 0) is 4.79 Å².